The summed E-state index contributed by atoms with van der Waals surface area (Å²) in [6.45, 7) is 7.24. The normalized spacial score (nSPS) is 21.7. The smallest absolute Gasteiger partial charge is 0.325 e. The van der Waals surface area contributed by atoms with Gasteiger partial charge in [-0.15, -0.1) is 0 Å². The Morgan fingerprint density at radius 1 is 1.27 bits per heavy atom. The molecule has 2 fully saturated rings. The van der Waals surface area contributed by atoms with E-state index < -0.39 is 5.54 Å². The van der Waals surface area contributed by atoms with Gasteiger partial charge in [0.15, 0.2) is 5.69 Å². The maximum atomic E-state index is 13.4. The van der Waals surface area contributed by atoms with Crippen LogP contribution < -0.4 is 5.32 Å². The molecule has 33 heavy (non-hydrogen) atoms. The van der Waals surface area contributed by atoms with Crippen molar-refractivity contribution in [3.8, 4) is 0 Å². The molecule has 9 heteroatoms. The molecule has 2 aromatic rings. The first-order valence-electron chi connectivity index (χ1n) is 11.6. The summed E-state index contributed by atoms with van der Waals surface area (Å²) < 4.78 is 5.31. The number of rotatable bonds is 7. The number of urea groups is 1. The first kappa shape index (κ1) is 22.9. The van der Waals surface area contributed by atoms with Crippen molar-refractivity contribution in [2.45, 2.75) is 58.5 Å². The standard InChI is InChI=1S/C24H31N5O4/c1-4-24(22(31)29(23(32)26-24)15-18-7-5-6-10-25-18)17-8-11-28(12-9-17)21(30)20-14-19(33-27-20)13-16(2)3/h5-7,10,14,16-17H,4,8-9,11-13,15H2,1-3H3,(H,26,32). The molecule has 0 aliphatic carbocycles. The van der Waals surface area contributed by atoms with Crippen molar-refractivity contribution in [1.29, 1.82) is 0 Å². The molecule has 0 radical (unpaired) electrons. The molecule has 0 spiro atoms. The van der Waals surface area contributed by atoms with E-state index in [2.05, 4.69) is 29.3 Å². The van der Waals surface area contributed by atoms with E-state index in [1.54, 1.807) is 29.3 Å². The SMILES string of the molecule is CCC1(C2CCN(C(=O)c3cc(CC(C)C)on3)CC2)NC(=O)N(Cc2ccccn2)C1=O. The van der Waals surface area contributed by atoms with Gasteiger partial charge in [-0.05, 0) is 43.2 Å². The van der Waals surface area contributed by atoms with Crippen LogP contribution in [-0.2, 0) is 17.8 Å². The molecule has 176 valence electrons. The number of carbonyl (C=O) groups excluding carboxylic acids is 3. The molecule has 4 rings (SSSR count). The summed E-state index contributed by atoms with van der Waals surface area (Å²) in [5, 5.41) is 6.94. The zero-order chi connectivity index (χ0) is 23.6. The molecule has 0 aromatic carbocycles. The highest BCUT2D eigenvalue weighted by molar-refractivity contribution is 6.07. The molecule has 0 bridgehead atoms. The lowest BCUT2D eigenvalue weighted by molar-refractivity contribution is -0.134. The van der Waals surface area contributed by atoms with Gasteiger partial charge in [0.25, 0.3) is 11.8 Å². The highest BCUT2D eigenvalue weighted by Gasteiger charge is 2.55. The minimum atomic E-state index is -0.945. The quantitative estimate of drug-likeness (QED) is 0.646. The average molecular weight is 454 g/mol. The molecule has 0 saturated carbocycles. The highest BCUT2D eigenvalue weighted by atomic mass is 16.5. The summed E-state index contributed by atoms with van der Waals surface area (Å²) in [6.07, 6.45) is 4.13. The van der Waals surface area contributed by atoms with E-state index >= 15 is 0 Å². The van der Waals surface area contributed by atoms with E-state index in [0.29, 0.717) is 55.4 Å². The minimum absolute atomic E-state index is 0.0504. The molecule has 4 amide bonds. The van der Waals surface area contributed by atoms with Gasteiger partial charge in [0, 0.05) is 31.8 Å². The van der Waals surface area contributed by atoms with Crippen LogP contribution in [0.5, 0.6) is 0 Å². The molecule has 2 aliphatic rings. The van der Waals surface area contributed by atoms with Crippen molar-refractivity contribution in [3.63, 3.8) is 0 Å². The Hall–Kier alpha value is -3.23. The van der Waals surface area contributed by atoms with Crippen LogP contribution in [0.4, 0.5) is 4.79 Å². The molecule has 1 N–H and O–H groups in total. The van der Waals surface area contributed by atoms with Crippen LogP contribution in [0, 0.1) is 11.8 Å². The third-order valence-corrected chi connectivity index (χ3v) is 6.67. The molecule has 1 unspecified atom stereocenters. The number of amides is 4. The second-order valence-electron chi connectivity index (χ2n) is 9.31. The van der Waals surface area contributed by atoms with E-state index in [0.717, 1.165) is 6.42 Å². The van der Waals surface area contributed by atoms with Gasteiger partial charge in [0.2, 0.25) is 0 Å². The zero-order valence-corrected chi connectivity index (χ0v) is 19.4. The van der Waals surface area contributed by atoms with Gasteiger partial charge in [0.1, 0.15) is 11.3 Å². The van der Waals surface area contributed by atoms with Crippen molar-refractivity contribution in [2.24, 2.45) is 11.8 Å². The number of hydrogen-bond acceptors (Lipinski definition) is 6. The Bertz CT molecular complexity index is 1010. The number of hydrogen-bond donors (Lipinski definition) is 1. The maximum absolute atomic E-state index is 13.4. The number of nitrogens with zero attached hydrogens (tertiary/aromatic N) is 4. The third kappa shape index (κ3) is 4.49. The lowest BCUT2D eigenvalue weighted by Crippen LogP contribution is -2.56. The lowest BCUT2D eigenvalue weighted by Gasteiger charge is -2.40. The first-order valence-corrected chi connectivity index (χ1v) is 11.6. The molecule has 9 nitrogen and oxygen atoms in total. The number of carbonyl (C=O) groups is 3. The van der Waals surface area contributed by atoms with Crippen molar-refractivity contribution in [1.82, 2.24) is 25.3 Å². The molecule has 2 aliphatic heterocycles. The van der Waals surface area contributed by atoms with Crippen molar-refractivity contribution in [3.05, 3.63) is 47.6 Å². The largest absolute Gasteiger partial charge is 0.361 e. The number of likely N-dealkylation sites (tertiary alicyclic amines) is 1. The molecule has 2 saturated heterocycles. The van der Waals surface area contributed by atoms with Gasteiger partial charge in [-0.2, -0.15) is 0 Å². The Kier molecular flexibility index (Phi) is 6.49. The van der Waals surface area contributed by atoms with E-state index in [9.17, 15) is 14.4 Å². The van der Waals surface area contributed by atoms with Gasteiger partial charge in [-0.25, -0.2) is 4.79 Å². The van der Waals surface area contributed by atoms with Gasteiger partial charge < -0.3 is 14.7 Å². The van der Waals surface area contributed by atoms with E-state index in [-0.39, 0.29) is 30.3 Å². The van der Waals surface area contributed by atoms with Crippen LogP contribution in [0.15, 0.2) is 35.0 Å². The van der Waals surface area contributed by atoms with Crippen LogP contribution in [0.1, 0.15) is 62.0 Å². The molecule has 1 atom stereocenters. The van der Waals surface area contributed by atoms with Gasteiger partial charge >= 0.3 is 6.03 Å². The second-order valence-corrected chi connectivity index (χ2v) is 9.31. The topological polar surface area (TPSA) is 109 Å². The molecule has 2 aromatic heterocycles. The number of aromatic nitrogens is 2. The Morgan fingerprint density at radius 3 is 2.67 bits per heavy atom. The van der Waals surface area contributed by atoms with Gasteiger partial charge in [0.05, 0.1) is 12.2 Å². The maximum Gasteiger partial charge on any atom is 0.325 e. The summed E-state index contributed by atoms with van der Waals surface area (Å²) in [5.41, 5.74) is 0.0399. The second kappa shape index (κ2) is 9.33. The zero-order valence-electron chi connectivity index (χ0n) is 19.4. The average Bonchev–Trinajstić information content (AvgIpc) is 3.37. The lowest BCUT2D eigenvalue weighted by atomic mass is 9.75. The van der Waals surface area contributed by atoms with Crippen LogP contribution >= 0.6 is 0 Å². The highest BCUT2D eigenvalue weighted by Crippen LogP contribution is 2.36. The van der Waals surface area contributed by atoms with Gasteiger partial charge in [-0.3, -0.25) is 19.5 Å². The summed E-state index contributed by atoms with van der Waals surface area (Å²) in [7, 11) is 0. The fourth-order valence-corrected chi connectivity index (χ4v) is 4.90. The van der Waals surface area contributed by atoms with E-state index in [1.165, 1.54) is 4.90 Å². The van der Waals surface area contributed by atoms with E-state index in [4.69, 9.17) is 4.52 Å². The van der Waals surface area contributed by atoms with Crippen molar-refractivity contribution < 1.29 is 18.9 Å². The van der Waals surface area contributed by atoms with Crippen LogP contribution in [-0.4, -0.2) is 56.4 Å². The van der Waals surface area contributed by atoms with Crippen LogP contribution in [0.2, 0.25) is 0 Å². The van der Waals surface area contributed by atoms with Crippen molar-refractivity contribution in [2.75, 3.05) is 13.1 Å². The summed E-state index contributed by atoms with van der Waals surface area (Å²) in [4.78, 5) is 46.3. The van der Waals surface area contributed by atoms with Crippen LogP contribution in [0.25, 0.3) is 0 Å². The third-order valence-electron chi connectivity index (χ3n) is 6.67. The number of piperidine rings is 1. The number of imide groups is 1. The Morgan fingerprint density at radius 2 is 2.03 bits per heavy atom. The predicted octanol–water partition coefficient (Wildman–Crippen LogP) is 3.02. The van der Waals surface area contributed by atoms with Gasteiger partial charge in [-0.1, -0.05) is 32.0 Å². The fourth-order valence-electron chi connectivity index (χ4n) is 4.90. The minimum Gasteiger partial charge on any atom is -0.361 e. The summed E-state index contributed by atoms with van der Waals surface area (Å²) >= 11 is 0. The Balaban J connectivity index is 1.41. The molecular weight excluding hydrogens is 422 g/mol. The predicted molar refractivity (Wildman–Crippen MR) is 120 cm³/mol. The first-order chi connectivity index (χ1) is 15.8. The fraction of sp³-hybridized carbons (Fsp3) is 0.542. The van der Waals surface area contributed by atoms with Crippen molar-refractivity contribution >= 4 is 17.8 Å². The monoisotopic (exact) mass is 453 g/mol. The van der Waals surface area contributed by atoms with Crippen LogP contribution in [0.3, 0.4) is 0 Å². The van der Waals surface area contributed by atoms with E-state index in [1.807, 2.05) is 13.0 Å². The molecular formula is C24H31N5O4. The molecule has 4 heterocycles. The summed E-state index contributed by atoms with van der Waals surface area (Å²) in [6, 6.07) is 6.77. The number of nitrogens with one attached hydrogen (secondary N) is 1. The Labute approximate surface area is 193 Å². The summed E-state index contributed by atoms with van der Waals surface area (Å²) in [5.74, 6) is 0.709. The number of pyridine rings is 1.